The maximum atomic E-state index is 4.35. The predicted molar refractivity (Wildman–Crippen MR) is 65.1 cm³/mol. The van der Waals surface area contributed by atoms with Crippen LogP contribution >= 0.6 is 11.3 Å². The highest BCUT2D eigenvalue weighted by atomic mass is 32.1. The summed E-state index contributed by atoms with van der Waals surface area (Å²) in [5, 5.41) is 0. The van der Waals surface area contributed by atoms with Crippen LogP contribution in [0.15, 0.2) is 17.6 Å². The van der Waals surface area contributed by atoms with Gasteiger partial charge in [0.2, 0.25) is 0 Å². The fourth-order valence-corrected chi connectivity index (χ4v) is 2.37. The summed E-state index contributed by atoms with van der Waals surface area (Å²) in [6.45, 7) is 8.30. The minimum absolute atomic E-state index is 1.10. The van der Waals surface area contributed by atoms with Crippen LogP contribution in [0.3, 0.4) is 0 Å². The Kier molecular flexibility index (Phi) is 4.08. The summed E-state index contributed by atoms with van der Waals surface area (Å²) < 4.78 is 1.36. The molecular formula is C12H17NS. The Morgan fingerprint density at radius 1 is 1.29 bits per heavy atom. The molecule has 0 amide bonds. The maximum absolute atomic E-state index is 4.35. The molecule has 14 heavy (non-hydrogen) atoms. The summed E-state index contributed by atoms with van der Waals surface area (Å²) in [5.74, 6) is 0. The van der Waals surface area contributed by atoms with Crippen molar-refractivity contribution in [3.05, 3.63) is 28.8 Å². The van der Waals surface area contributed by atoms with E-state index in [1.165, 1.54) is 21.3 Å². The van der Waals surface area contributed by atoms with E-state index < -0.39 is 0 Å². The number of thiazole rings is 1. The number of aromatic nitrogens is 1. The van der Waals surface area contributed by atoms with E-state index in [4.69, 9.17) is 0 Å². The van der Waals surface area contributed by atoms with Gasteiger partial charge in [0.25, 0.3) is 0 Å². The largest absolute Gasteiger partial charge is 0.244 e. The molecule has 0 saturated heterocycles. The van der Waals surface area contributed by atoms with Crippen LogP contribution in [-0.4, -0.2) is 4.98 Å². The van der Waals surface area contributed by atoms with Gasteiger partial charge in [0.1, 0.15) is 0 Å². The van der Waals surface area contributed by atoms with E-state index in [9.17, 15) is 0 Å². The van der Waals surface area contributed by atoms with E-state index in [2.05, 4.69) is 31.0 Å². The number of benzene rings is 1. The van der Waals surface area contributed by atoms with Gasteiger partial charge < -0.3 is 0 Å². The molecule has 2 heteroatoms. The number of aryl methyl sites for hydroxylation is 2. The fraction of sp³-hybridized carbons (Fsp3) is 0.417. The summed E-state index contributed by atoms with van der Waals surface area (Å²) in [7, 11) is 0. The van der Waals surface area contributed by atoms with Crippen LogP contribution in [0, 0.1) is 6.92 Å². The fourth-order valence-electron chi connectivity index (χ4n) is 1.41. The number of fused-ring (bicyclic) bond motifs is 1. The van der Waals surface area contributed by atoms with Gasteiger partial charge in [-0.25, -0.2) is 4.98 Å². The summed E-state index contributed by atoms with van der Waals surface area (Å²) in [4.78, 5) is 4.35. The van der Waals surface area contributed by atoms with Gasteiger partial charge in [0, 0.05) is 0 Å². The Labute approximate surface area is 89.8 Å². The van der Waals surface area contributed by atoms with E-state index in [-0.39, 0.29) is 0 Å². The zero-order valence-corrected chi connectivity index (χ0v) is 10.1. The lowest BCUT2D eigenvalue weighted by molar-refractivity contribution is 1.16. The lowest BCUT2D eigenvalue weighted by atomic mass is 10.1. The molecule has 0 aliphatic heterocycles. The molecule has 0 fully saturated rings. The van der Waals surface area contributed by atoms with Gasteiger partial charge in [-0.05, 0) is 24.5 Å². The van der Waals surface area contributed by atoms with Gasteiger partial charge in [-0.15, -0.1) is 11.3 Å². The smallest absolute Gasteiger partial charge is 0.0843 e. The van der Waals surface area contributed by atoms with Crippen LogP contribution in [-0.2, 0) is 6.42 Å². The van der Waals surface area contributed by atoms with Crippen molar-refractivity contribution in [2.24, 2.45) is 0 Å². The van der Waals surface area contributed by atoms with Gasteiger partial charge in [-0.1, -0.05) is 32.9 Å². The molecule has 76 valence electrons. The Hall–Kier alpha value is -0.890. The molecule has 2 rings (SSSR count). The third kappa shape index (κ3) is 1.95. The van der Waals surface area contributed by atoms with E-state index >= 15 is 0 Å². The highest BCUT2D eigenvalue weighted by Crippen LogP contribution is 2.25. The van der Waals surface area contributed by atoms with Crippen molar-refractivity contribution >= 4 is 21.6 Å². The first kappa shape index (κ1) is 11.2. The Morgan fingerprint density at radius 3 is 2.64 bits per heavy atom. The molecule has 1 nitrogen and oxygen atoms in total. The topological polar surface area (TPSA) is 12.9 Å². The first-order valence-corrected chi connectivity index (χ1v) is 6.02. The summed E-state index contributed by atoms with van der Waals surface area (Å²) in [6.07, 6.45) is 1.10. The molecule has 0 unspecified atom stereocenters. The Balaban J connectivity index is 0.000000461. The first-order valence-electron chi connectivity index (χ1n) is 5.14. The third-order valence-corrected chi connectivity index (χ3v) is 3.05. The highest BCUT2D eigenvalue weighted by molar-refractivity contribution is 7.17. The van der Waals surface area contributed by atoms with Crippen LogP contribution in [0.2, 0.25) is 0 Å². The van der Waals surface area contributed by atoms with Gasteiger partial charge >= 0.3 is 0 Å². The van der Waals surface area contributed by atoms with Gasteiger partial charge in [-0.3, -0.25) is 0 Å². The Bertz CT molecular complexity index is 404. The lowest BCUT2D eigenvalue weighted by Crippen LogP contribution is -1.82. The minimum Gasteiger partial charge on any atom is -0.244 e. The molecule has 0 bridgehead atoms. The number of hydrogen-bond donors (Lipinski definition) is 0. The summed E-state index contributed by atoms with van der Waals surface area (Å²) >= 11 is 1.74. The van der Waals surface area contributed by atoms with Crippen molar-refractivity contribution in [2.45, 2.75) is 34.1 Å². The highest BCUT2D eigenvalue weighted by Gasteiger charge is 2.03. The third-order valence-electron chi connectivity index (χ3n) is 2.15. The zero-order chi connectivity index (χ0) is 10.6. The first-order chi connectivity index (χ1) is 6.83. The standard InChI is InChI=1S/C10H11NS.C2H6/c1-3-8-5-4-7(2)9-10(8)12-6-11-9;1-2/h4-6H,3H2,1-2H3;1-2H3. The summed E-state index contributed by atoms with van der Waals surface area (Å²) in [5.41, 5.74) is 5.80. The van der Waals surface area contributed by atoms with Crippen molar-refractivity contribution in [1.82, 2.24) is 4.98 Å². The average Bonchev–Trinajstić information content (AvgIpc) is 2.71. The van der Waals surface area contributed by atoms with Gasteiger partial charge in [0.15, 0.2) is 0 Å². The molecule has 0 N–H and O–H groups in total. The van der Waals surface area contributed by atoms with Gasteiger partial charge in [-0.2, -0.15) is 0 Å². The van der Waals surface area contributed by atoms with Crippen LogP contribution in [0.1, 0.15) is 31.9 Å². The molecule has 1 aromatic heterocycles. The second kappa shape index (κ2) is 5.11. The molecule has 2 aromatic rings. The van der Waals surface area contributed by atoms with Crippen molar-refractivity contribution < 1.29 is 0 Å². The van der Waals surface area contributed by atoms with Crippen molar-refractivity contribution in [3.63, 3.8) is 0 Å². The molecular weight excluding hydrogens is 190 g/mol. The molecule has 0 atom stereocenters. The number of rotatable bonds is 1. The average molecular weight is 207 g/mol. The van der Waals surface area contributed by atoms with E-state index in [1.54, 1.807) is 11.3 Å². The summed E-state index contributed by atoms with van der Waals surface area (Å²) in [6, 6.07) is 4.36. The van der Waals surface area contributed by atoms with Crippen molar-refractivity contribution in [2.75, 3.05) is 0 Å². The maximum Gasteiger partial charge on any atom is 0.0843 e. The molecule has 0 radical (unpaired) electrons. The monoisotopic (exact) mass is 207 g/mol. The number of hydrogen-bond acceptors (Lipinski definition) is 2. The van der Waals surface area contributed by atoms with E-state index in [0.29, 0.717) is 0 Å². The Morgan fingerprint density at radius 2 is 2.00 bits per heavy atom. The van der Waals surface area contributed by atoms with Crippen molar-refractivity contribution in [1.29, 1.82) is 0 Å². The van der Waals surface area contributed by atoms with Crippen LogP contribution < -0.4 is 0 Å². The molecule has 0 saturated carbocycles. The second-order valence-corrected chi connectivity index (χ2v) is 3.78. The van der Waals surface area contributed by atoms with Crippen molar-refractivity contribution in [3.8, 4) is 0 Å². The number of nitrogens with zero attached hydrogens (tertiary/aromatic N) is 1. The second-order valence-electron chi connectivity index (χ2n) is 2.93. The molecule has 0 spiro atoms. The van der Waals surface area contributed by atoms with Crippen LogP contribution in [0.4, 0.5) is 0 Å². The molecule has 0 aliphatic rings. The van der Waals surface area contributed by atoms with Crippen LogP contribution in [0.25, 0.3) is 10.2 Å². The predicted octanol–water partition coefficient (Wildman–Crippen LogP) is 4.19. The van der Waals surface area contributed by atoms with Crippen LogP contribution in [0.5, 0.6) is 0 Å². The van der Waals surface area contributed by atoms with E-state index in [0.717, 1.165) is 6.42 Å². The molecule has 1 aromatic carbocycles. The normalized spacial score (nSPS) is 9.71. The minimum atomic E-state index is 1.10. The zero-order valence-electron chi connectivity index (χ0n) is 9.29. The lowest BCUT2D eigenvalue weighted by Gasteiger charge is -1.99. The quantitative estimate of drug-likeness (QED) is 0.683. The van der Waals surface area contributed by atoms with E-state index in [1.807, 2.05) is 19.4 Å². The SMILES string of the molecule is CC.CCc1ccc(C)c2ncsc12. The molecule has 0 aliphatic carbocycles. The van der Waals surface area contributed by atoms with Gasteiger partial charge in [0.05, 0.1) is 15.7 Å². The molecule has 1 heterocycles.